The van der Waals surface area contributed by atoms with Gasteiger partial charge >= 0.3 is 0 Å². The molecule has 1 aromatic heterocycles. The molecule has 1 aliphatic rings. The smallest absolute Gasteiger partial charge is 0.278 e. The molecule has 2 amide bonds. The van der Waals surface area contributed by atoms with Crippen molar-refractivity contribution in [3.8, 4) is 0 Å². The first-order valence-corrected chi connectivity index (χ1v) is 9.31. The van der Waals surface area contributed by atoms with Crippen LogP contribution in [0.5, 0.6) is 0 Å². The maximum atomic E-state index is 13.5. The molecule has 0 N–H and O–H groups in total. The highest BCUT2D eigenvalue weighted by Crippen LogP contribution is 2.35. The van der Waals surface area contributed by atoms with Gasteiger partial charge in [0.1, 0.15) is 17.3 Å². The average Bonchev–Trinajstić information content (AvgIpc) is 3.33. The topological polar surface area (TPSA) is 53.8 Å². The number of anilines is 1. The van der Waals surface area contributed by atoms with Crippen LogP contribution >= 0.6 is 0 Å². The van der Waals surface area contributed by atoms with E-state index in [1.54, 1.807) is 17.0 Å². The summed E-state index contributed by atoms with van der Waals surface area (Å²) in [7, 11) is 0. The van der Waals surface area contributed by atoms with E-state index in [2.05, 4.69) is 0 Å². The number of hydrogen-bond donors (Lipinski definition) is 0. The highest BCUT2D eigenvalue weighted by Gasteiger charge is 2.42. The molecule has 4 rings (SSSR count). The van der Waals surface area contributed by atoms with Gasteiger partial charge in [0, 0.05) is 12.2 Å². The Kier molecular flexibility index (Phi) is 4.99. The Bertz CT molecular complexity index is 1060. The van der Waals surface area contributed by atoms with E-state index in [9.17, 15) is 14.0 Å². The molecule has 2 aromatic carbocycles. The number of nitrogens with zero attached hydrogens (tertiary/aromatic N) is 2. The van der Waals surface area contributed by atoms with Crippen molar-refractivity contribution in [2.75, 3.05) is 11.4 Å². The number of furan rings is 1. The highest BCUT2D eigenvalue weighted by atomic mass is 19.1. The number of imide groups is 1. The summed E-state index contributed by atoms with van der Waals surface area (Å²) in [5.74, 6) is -0.733. The molecular weight excluding hydrogens is 371 g/mol. The van der Waals surface area contributed by atoms with Crippen molar-refractivity contribution in [3.05, 3.63) is 95.8 Å². The molecule has 0 saturated heterocycles. The Morgan fingerprint density at radius 3 is 2.28 bits per heavy atom. The van der Waals surface area contributed by atoms with Gasteiger partial charge in [0.25, 0.3) is 11.8 Å². The highest BCUT2D eigenvalue weighted by molar-refractivity contribution is 6.36. The van der Waals surface area contributed by atoms with Gasteiger partial charge in [-0.2, -0.15) is 0 Å². The van der Waals surface area contributed by atoms with Crippen LogP contribution < -0.4 is 4.90 Å². The molecule has 6 heteroatoms. The Labute approximate surface area is 167 Å². The minimum absolute atomic E-state index is 0.0329. The summed E-state index contributed by atoms with van der Waals surface area (Å²) >= 11 is 0. The molecule has 2 heterocycles. The SMILES string of the molecule is CCN(C1=C(c2ccc(F)cc2)C(=O)N(Cc2ccco2)C1=O)c1ccccc1. The van der Waals surface area contributed by atoms with Gasteiger partial charge in [-0.3, -0.25) is 14.5 Å². The number of carbonyl (C=O) groups is 2. The van der Waals surface area contributed by atoms with E-state index in [4.69, 9.17) is 4.42 Å². The predicted octanol–water partition coefficient (Wildman–Crippen LogP) is 4.23. The lowest BCUT2D eigenvalue weighted by molar-refractivity contribution is -0.137. The van der Waals surface area contributed by atoms with Crippen LogP contribution in [0.15, 0.2) is 83.1 Å². The van der Waals surface area contributed by atoms with Crippen molar-refractivity contribution >= 4 is 23.1 Å². The van der Waals surface area contributed by atoms with Crippen LogP contribution in [0, 0.1) is 5.82 Å². The van der Waals surface area contributed by atoms with Crippen molar-refractivity contribution in [3.63, 3.8) is 0 Å². The fraction of sp³-hybridized carbons (Fsp3) is 0.130. The number of likely N-dealkylation sites (N-methyl/N-ethyl adjacent to an activating group) is 1. The minimum Gasteiger partial charge on any atom is -0.467 e. The van der Waals surface area contributed by atoms with Gasteiger partial charge in [-0.25, -0.2) is 4.39 Å². The Hall–Kier alpha value is -3.67. The molecule has 5 nitrogen and oxygen atoms in total. The minimum atomic E-state index is -0.428. The first-order valence-electron chi connectivity index (χ1n) is 9.31. The van der Waals surface area contributed by atoms with E-state index in [0.29, 0.717) is 17.9 Å². The molecule has 1 aliphatic heterocycles. The largest absolute Gasteiger partial charge is 0.467 e. The van der Waals surface area contributed by atoms with E-state index in [-0.39, 0.29) is 17.8 Å². The molecule has 0 unspecified atom stereocenters. The number of benzene rings is 2. The summed E-state index contributed by atoms with van der Waals surface area (Å²) in [6.45, 7) is 2.43. The number of para-hydroxylation sites is 1. The van der Waals surface area contributed by atoms with Crippen molar-refractivity contribution in [1.29, 1.82) is 0 Å². The molecule has 29 heavy (non-hydrogen) atoms. The van der Waals surface area contributed by atoms with Gasteiger partial charge in [-0.1, -0.05) is 30.3 Å². The van der Waals surface area contributed by atoms with Crippen LogP contribution in [-0.4, -0.2) is 23.3 Å². The number of carbonyl (C=O) groups excluding carboxylic acids is 2. The van der Waals surface area contributed by atoms with Gasteiger partial charge in [-0.05, 0) is 48.9 Å². The number of halogens is 1. The quantitative estimate of drug-likeness (QED) is 0.591. The lowest BCUT2D eigenvalue weighted by Crippen LogP contribution is -2.34. The first kappa shape index (κ1) is 18.7. The molecule has 0 bridgehead atoms. The standard InChI is InChI=1S/C23H19FN2O3/c1-2-25(18-7-4-3-5-8-18)21-20(16-10-12-17(24)13-11-16)22(27)26(23(21)28)15-19-9-6-14-29-19/h3-14H,2,15H2,1H3. The van der Waals surface area contributed by atoms with Gasteiger partial charge in [-0.15, -0.1) is 0 Å². The fourth-order valence-corrected chi connectivity index (χ4v) is 3.47. The first-order chi connectivity index (χ1) is 14.1. The zero-order chi connectivity index (χ0) is 20.4. The molecule has 0 saturated carbocycles. The third kappa shape index (κ3) is 3.45. The molecule has 146 valence electrons. The van der Waals surface area contributed by atoms with E-state index in [0.717, 1.165) is 5.69 Å². The summed E-state index contributed by atoms with van der Waals surface area (Å²) in [6.07, 6.45) is 1.50. The summed E-state index contributed by atoms with van der Waals surface area (Å²) in [4.78, 5) is 29.6. The molecule has 0 aliphatic carbocycles. The van der Waals surface area contributed by atoms with Crippen LogP contribution in [0.4, 0.5) is 10.1 Å². The van der Waals surface area contributed by atoms with E-state index in [1.165, 1.54) is 35.4 Å². The zero-order valence-corrected chi connectivity index (χ0v) is 15.8. The lowest BCUT2D eigenvalue weighted by atomic mass is 10.0. The van der Waals surface area contributed by atoms with Crippen molar-refractivity contribution < 1.29 is 18.4 Å². The van der Waals surface area contributed by atoms with Crippen LogP contribution in [-0.2, 0) is 16.1 Å². The lowest BCUT2D eigenvalue weighted by Gasteiger charge is -2.24. The van der Waals surface area contributed by atoms with Gasteiger partial charge in [0.15, 0.2) is 0 Å². The Morgan fingerprint density at radius 2 is 1.66 bits per heavy atom. The van der Waals surface area contributed by atoms with Crippen molar-refractivity contribution in [1.82, 2.24) is 4.90 Å². The van der Waals surface area contributed by atoms with Crippen molar-refractivity contribution in [2.24, 2.45) is 0 Å². The van der Waals surface area contributed by atoms with Gasteiger partial charge < -0.3 is 9.32 Å². The predicted molar refractivity (Wildman–Crippen MR) is 107 cm³/mol. The molecule has 0 spiro atoms. The summed E-state index contributed by atoms with van der Waals surface area (Å²) in [6, 6.07) is 18.4. The molecule has 3 aromatic rings. The third-order valence-corrected chi connectivity index (χ3v) is 4.82. The maximum Gasteiger partial charge on any atom is 0.278 e. The zero-order valence-electron chi connectivity index (χ0n) is 15.8. The Morgan fingerprint density at radius 1 is 0.931 bits per heavy atom. The van der Waals surface area contributed by atoms with Crippen LogP contribution in [0.1, 0.15) is 18.2 Å². The van der Waals surface area contributed by atoms with E-state index in [1.807, 2.05) is 37.3 Å². The summed E-state index contributed by atoms with van der Waals surface area (Å²) in [5, 5.41) is 0. The molecule has 0 fully saturated rings. The second kappa shape index (κ2) is 7.75. The normalized spacial score (nSPS) is 14.1. The second-order valence-electron chi connectivity index (χ2n) is 6.59. The van der Waals surface area contributed by atoms with E-state index >= 15 is 0 Å². The molecule has 0 atom stereocenters. The number of rotatable bonds is 6. The van der Waals surface area contributed by atoms with Crippen LogP contribution in [0.2, 0.25) is 0 Å². The summed E-state index contributed by atoms with van der Waals surface area (Å²) in [5.41, 5.74) is 1.83. The summed E-state index contributed by atoms with van der Waals surface area (Å²) < 4.78 is 18.8. The second-order valence-corrected chi connectivity index (χ2v) is 6.59. The number of hydrogen-bond acceptors (Lipinski definition) is 4. The monoisotopic (exact) mass is 390 g/mol. The van der Waals surface area contributed by atoms with Crippen molar-refractivity contribution in [2.45, 2.75) is 13.5 Å². The maximum absolute atomic E-state index is 13.5. The Balaban J connectivity index is 1.83. The molecular formula is C23H19FN2O3. The van der Waals surface area contributed by atoms with Crippen LogP contribution in [0.3, 0.4) is 0 Å². The van der Waals surface area contributed by atoms with Crippen LogP contribution in [0.25, 0.3) is 5.57 Å². The molecule has 0 radical (unpaired) electrons. The van der Waals surface area contributed by atoms with E-state index < -0.39 is 17.6 Å². The third-order valence-electron chi connectivity index (χ3n) is 4.82. The van der Waals surface area contributed by atoms with Gasteiger partial charge in [0.05, 0.1) is 18.4 Å². The number of amides is 2. The average molecular weight is 390 g/mol. The van der Waals surface area contributed by atoms with Gasteiger partial charge in [0.2, 0.25) is 0 Å². The fourth-order valence-electron chi connectivity index (χ4n) is 3.47.